The minimum Gasteiger partial charge on any atom is -0.381 e. The molecular weight excluding hydrogens is 286 g/mol. The molecule has 1 N–H and O–H groups in total. The van der Waals surface area contributed by atoms with Crippen molar-refractivity contribution >= 4 is 15.5 Å². The van der Waals surface area contributed by atoms with E-state index in [2.05, 4.69) is 17.3 Å². The van der Waals surface area contributed by atoms with Crippen LogP contribution in [0.2, 0.25) is 0 Å². The zero-order valence-electron chi connectivity index (χ0n) is 12.6. The van der Waals surface area contributed by atoms with E-state index in [-0.39, 0.29) is 5.75 Å². The third-order valence-corrected chi connectivity index (χ3v) is 5.12. The van der Waals surface area contributed by atoms with Crippen LogP contribution >= 0.6 is 0 Å². The van der Waals surface area contributed by atoms with Crippen LogP contribution in [0.5, 0.6) is 0 Å². The Kier molecular flexibility index (Phi) is 4.67. The zero-order chi connectivity index (χ0) is 15.5. The van der Waals surface area contributed by atoms with Gasteiger partial charge in [-0.15, -0.1) is 0 Å². The number of nitrogens with one attached hydrogen (secondary N) is 1. The van der Waals surface area contributed by atoms with Crippen molar-refractivity contribution in [3.8, 4) is 0 Å². The number of sulfone groups is 1. The third-order valence-electron chi connectivity index (χ3n) is 3.38. The lowest BCUT2D eigenvalue weighted by molar-refractivity contribution is 0.597. The molecule has 0 aliphatic rings. The Morgan fingerprint density at radius 3 is 2.71 bits per heavy atom. The molecule has 0 atom stereocenters. The van der Waals surface area contributed by atoms with E-state index in [0.29, 0.717) is 11.4 Å². The van der Waals surface area contributed by atoms with Crippen LogP contribution in [0.4, 0.5) is 5.69 Å². The number of anilines is 1. The van der Waals surface area contributed by atoms with Gasteiger partial charge in [0.2, 0.25) is 0 Å². The van der Waals surface area contributed by atoms with Crippen LogP contribution < -0.4 is 5.32 Å². The van der Waals surface area contributed by atoms with E-state index in [1.807, 2.05) is 19.3 Å². The molecule has 0 unspecified atom stereocenters. The number of aryl methyl sites for hydroxylation is 2. The van der Waals surface area contributed by atoms with Gasteiger partial charge < -0.3 is 5.32 Å². The summed E-state index contributed by atoms with van der Waals surface area (Å²) >= 11 is 0. The second-order valence-electron chi connectivity index (χ2n) is 4.91. The average molecular weight is 307 g/mol. The van der Waals surface area contributed by atoms with Gasteiger partial charge in [0.25, 0.3) is 0 Å². The molecule has 6 heteroatoms. The summed E-state index contributed by atoms with van der Waals surface area (Å²) in [4.78, 5) is 0.358. The van der Waals surface area contributed by atoms with Gasteiger partial charge in [0.05, 0.1) is 16.3 Å². The van der Waals surface area contributed by atoms with Gasteiger partial charge >= 0.3 is 0 Å². The first-order valence-electron chi connectivity index (χ1n) is 7.04. The third kappa shape index (κ3) is 3.64. The summed E-state index contributed by atoms with van der Waals surface area (Å²) in [5.41, 5.74) is 2.99. The number of nitrogens with zero attached hydrogens (tertiary/aromatic N) is 2. The van der Waals surface area contributed by atoms with Crippen LogP contribution in [0.25, 0.3) is 0 Å². The van der Waals surface area contributed by atoms with Crippen LogP contribution in [-0.2, 0) is 29.9 Å². The summed E-state index contributed by atoms with van der Waals surface area (Å²) in [6, 6.07) is 6.94. The molecule has 1 heterocycles. The molecule has 0 amide bonds. The first-order chi connectivity index (χ1) is 9.96. The molecule has 0 bridgehead atoms. The predicted octanol–water partition coefficient (Wildman–Crippen LogP) is 2.39. The predicted molar refractivity (Wildman–Crippen MR) is 84.1 cm³/mol. The topological polar surface area (TPSA) is 64.0 Å². The summed E-state index contributed by atoms with van der Waals surface area (Å²) in [5, 5.41) is 7.66. The fourth-order valence-corrected chi connectivity index (χ4v) is 3.12. The van der Waals surface area contributed by atoms with Crippen molar-refractivity contribution in [3.63, 3.8) is 0 Å². The molecule has 21 heavy (non-hydrogen) atoms. The van der Waals surface area contributed by atoms with Gasteiger partial charge in [-0.25, -0.2) is 8.42 Å². The number of hydrogen-bond donors (Lipinski definition) is 1. The molecule has 2 aromatic rings. The normalized spacial score (nSPS) is 11.6. The summed E-state index contributed by atoms with van der Waals surface area (Å²) in [6.45, 7) is 4.35. The van der Waals surface area contributed by atoms with Gasteiger partial charge in [0, 0.05) is 31.0 Å². The second-order valence-corrected chi connectivity index (χ2v) is 7.19. The van der Waals surface area contributed by atoms with Gasteiger partial charge in [-0.05, 0) is 24.6 Å². The van der Waals surface area contributed by atoms with Crippen LogP contribution in [0, 0.1) is 0 Å². The molecule has 0 aliphatic heterocycles. The molecule has 1 aromatic carbocycles. The Morgan fingerprint density at radius 2 is 2.05 bits per heavy atom. The van der Waals surface area contributed by atoms with Crippen LogP contribution in [0.1, 0.15) is 25.1 Å². The summed E-state index contributed by atoms with van der Waals surface area (Å²) in [7, 11) is -1.27. The van der Waals surface area contributed by atoms with Gasteiger partial charge in [0.1, 0.15) is 0 Å². The molecular formula is C15H21N3O2S. The van der Waals surface area contributed by atoms with Crippen molar-refractivity contribution in [2.45, 2.75) is 31.7 Å². The lowest BCUT2D eigenvalue weighted by Crippen LogP contribution is -2.05. The van der Waals surface area contributed by atoms with Crippen molar-refractivity contribution in [3.05, 3.63) is 41.7 Å². The highest BCUT2D eigenvalue weighted by molar-refractivity contribution is 7.91. The quantitative estimate of drug-likeness (QED) is 0.890. The Labute approximate surface area is 125 Å². The van der Waals surface area contributed by atoms with Gasteiger partial charge in [-0.2, -0.15) is 5.10 Å². The highest BCUT2D eigenvalue weighted by Gasteiger charge is 2.12. The van der Waals surface area contributed by atoms with E-state index in [0.717, 1.165) is 23.4 Å². The van der Waals surface area contributed by atoms with E-state index in [4.69, 9.17) is 0 Å². The molecule has 0 saturated carbocycles. The summed E-state index contributed by atoms with van der Waals surface area (Å²) in [5.74, 6) is 0.110. The zero-order valence-corrected chi connectivity index (χ0v) is 13.4. The molecule has 114 valence electrons. The minimum atomic E-state index is -3.17. The average Bonchev–Trinajstić information content (AvgIpc) is 2.85. The number of hydrogen-bond acceptors (Lipinski definition) is 4. The summed E-state index contributed by atoms with van der Waals surface area (Å²) < 4.78 is 25.6. The first kappa shape index (κ1) is 15.6. The maximum absolute atomic E-state index is 11.9. The van der Waals surface area contributed by atoms with Crippen LogP contribution in [0.15, 0.2) is 35.4 Å². The fraction of sp³-hybridized carbons (Fsp3) is 0.400. The second kappa shape index (κ2) is 6.30. The SMILES string of the molecule is CCc1nn(C)cc1CNc1cccc(S(=O)(=O)CC)c1. The lowest BCUT2D eigenvalue weighted by Gasteiger charge is -2.08. The van der Waals surface area contributed by atoms with Crippen molar-refractivity contribution in [2.75, 3.05) is 11.1 Å². The van der Waals surface area contributed by atoms with Gasteiger partial charge in [-0.1, -0.05) is 19.9 Å². The maximum atomic E-state index is 11.9. The van der Waals surface area contributed by atoms with Gasteiger partial charge in [0.15, 0.2) is 9.84 Å². The van der Waals surface area contributed by atoms with E-state index in [1.165, 1.54) is 0 Å². The Morgan fingerprint density at radius 1 is 1.29 bits per heavy atom. The van der Waals surface area contributed by atoms with E-state index < -0.39 is 9.84 Å². The van der Waals surface area contributed by atoms with Crippen LogP contribution in [-0.4, -0.2) is 24.0 Å². The van der Waals surface area contributed by atoms with E-state index in [1.54, 1.807) is 29.8 Å². The molecule has 0 aliphatic carbocycles. The number of benzene rings is 1. The maximum Gasteiger partial charge on any atom is 0.178 e. The largest absolute Gasteiger partial charge is 0.381 e. The number of rotatable bonds is 6. The van der Waals surface area contributed by atoms with E-state index in [9.17, 15) is 8.42 Å². The monoisotopic (exact) mass is 307 g/mol. The molecule has 0 spiro atoms. The van der Waals surface area contributed by atoms with Crippen molar-refractivity contribution < 1.29 is 8.42 Å². The van der Waals surface area contributed by atoms with Crippen molar-refractivity contribution in [1.82, 2.24) is 9.78 Å². The number of aromatic nitrogens is 2. The first-order valence-corrected chi connectivity index (χ1v) is 8.69. The van der Waals surface area contributed by atoms with Crippen LogP contribution in [0.3, 0.4) is 0 Å². The Balaban J connectivity index is 2.15. The molecule has 0 radical (unpaired) electrons. The Hall–Kier alpha value is -1.82. The van der Waals surface area contributed by atoms with Crippen molar-refractivity contribution in [2.24, 2.45) is 7.05 Å². The molecule has 0 fully saturated rings. The minimum absolute atomic E-state index is 0.110. The molecule has 5 nitrogen and oxygen atoms in total. The van der Waals surface area contributed by atoms with Gasteiger partial charge in [-0.3, -0.25) is 4.68 Å². The molecule has 2 rings (SSSR count). The van der Waals surface area contributed by atoms with E-state index >= 15 is 0 Å². The lowest BCUT2D eigenvalue weighted by atomic mass is 10.2. The smallest absolute Gasteiger partial charge is 0.178 e. The standard InChI is InChI=1S/C15H21N3O2S/c1-4-15-12(11-18(3)17-15)10-16-13-7-6-8-14(9-13)21(19,20)5-2/h6-9,11,16H,4-5,10H2,1-3H3. The highest BCUT2D eigenvalue weighted by atomic mass is 32.2. The Bertz CT molecular complexity index is 720. The highest BCUT2D eigenvalue weighted by Crippen LogP contribution is 2.18. The van der Waals surface area contributed by atoms with Crippen molar-refractivity contribution in [1.29, 1.82) is 0 Å². The molecule has 1 aromatic heterocycles. The molecule has 0 saturated heterocycles. The summed E-state index contributed by atoms with van der Waals surface area (Å²) in [6.07, 6.45) is 2.86. The fourth-order valence-electron chi connectivity index (χ4n) is 2.19.